The predicted octanol–water partition coefficient (Wildman–Crippen LogP) is 5.88. The summed E-state index contributed by atoms with van der Waals surface area (Å²) in [5.74, 6) is -1.48. The van der Waals surface area contributed by atoms with Gasteiger partial charge in [-0.25, -0.2) is 4.39 Å². The van der Waals surface area contributed by atoms with Crippen LogP contribution in [-0.4, -0.2) is 12.5 Å². The number of carbonyl (C=O) groups excluding carboxylic acids is 1. The van der Waals surface area contributed by atoms with Gasteiger partial charge in [0.25, 0.3) is 5.91 Å². The van der Waals surface area contributed by atoms with Gasteiger partial charge < -0.3 is 10.1 Å². The molecule has 1 aliphatic heterocycles. The number of benzene rings is 3. The molecular formula is C24H16F4N2O2. The maximum Gasteiger partial charge on any atom is 0.416 e. The molecule has 1 N–H and O–H groups in total. The fourth-order valence-corrected chi connectivity index (χ4v) is 3.79. The minimum atomic E-state index is -4.60. The first-order chi connectivity index (χ1) is 15.3. The van der Waals surface area contributed by atoms with E-state index in [2.05, 4.69) is 5.32 Å². The molecule has 0 spiro atoms. The van der Waals surface area contributed by atoms with E-state index >= 15 is 0 Å². The van der Waals surface area contributed by atoms with Crippen molar-refractivity contribution >= 4 is 11.6 Å². The highest BCUT2D eigenvalue weighted by molar-refractivity contribution is 6.05. The van der Waals surface area contributed by atoms with Crippen LogP contribution in [0.5, 0.6) is 5.75 Å². The average molecular weight is 440 g/mol. The zero-order valence-electron chi connectivity index (χ0n) is 16.5. The van der Waals surface area contributed by atoms with Crippen LogP contribution >= 0.6 is 0 Å². The summed E-state index contributed by atoms with van der Waals surface area (Å²) in [5.41, 5.74) is 0.529. The van der Waals surface area contributed by atoms with Gasteiger partial charge in [-0.15, -0.1) is 0 Å². The Morgan fingerprint density at radius 1 is 1.06 bits per heavy atom. The molecular weight excluding hydrogens is 424 g/mol. The molecule has 0 aliphatic carbocycles. The molecule has 1 atom stereocenters. The molecule has 0 saturated carbocycles. The summed E-state index contributed by atoms with van der Waals surface area (Å²) >= 11 is 0. The number of carbonyl (C=O) groups is 1. The number of alkyl halides is 3. The van der Waals surface area contributed by atoms with Crippen molar-refractivity contribution in [3.63, 3.8) is 0 Å². The molecule has 0 aromatic heterocycles. The van der Waals surface area contributed by atoms with Crippen molar-refractivity contribution in [2.45, 2.75) is 18.5 Å². The molecule has 0 bridgehead atoms. The second-order valence-corrected chi connectivity index (χ2v) is 7.32. The number of rotatable bonds is 3. The minimum Gasteiger partial charge on any atom is -0.493 e. The summed E-state index contributed by atoms with van der Waals surface area (Å²) < 4.78 is 59.4. The molecule has 1 aliphatic rings. The summed E-state index contributed by atoms with van der Waals surface area (Å²) in [4.78, 5) is 13.0. The molecule has 162 valence electrons. The first-order valence-corrected chi connectivity index (χ1v) is 9.71. The van der Waals surface area contributed by atoms with Crippen LogP contribution in [0.25, 0.3) is 0 Å². The highest BCUT2D eigenvalue weighted by atomic mass is 19.4. The van der Waals surface area contributed by atoms with Gasteiger partial charge in [0, 0.05) is 28.8 Å². The third-order valence-corrected chi connectivity index (χ3v) is 5.26. The van der Waals surface area contributed by atoms with Gasteiger partial charge in [0.1, 0.15) is 11.6 Å². The van der Waals surface area contributed by atoms with Gasteiger partial charge in [0.2, 0.25) is 0 Å². The van der Waals surface area contributed by atoms with E-state index in [-0.39, 0.29) is 23.5 Å². The Morgan fingerprint density at radius 2 is 1.88 bits per heavy atom. The quantitative estimate of drug-likeness (QED) is 0.517. The van der Waals surface area contributed by atoms with Crippen LogP contribution in [0.15, 0.2) is 60.7 Å². The third-order valence-electron chi connectivity index (χ3n) is 5.26. The summed E-state index contributed by atoms with van der Waals surface area (Å²) in [7, 11) is 0. The number of anilines is 1. The monoisotopic (exact) mass is 440 g/mol. The number of fused-ring (bicyclic) bond motifs is 1. The third kappa shape index (κ3) is 4.28. The fraction of sp³-hybridized carbons (Fsp3) is 0.167. The van der Waals surface area contributed by atoms with E-state index in [9.17, 15) is 22.4 Å². The molecule has 0 saturated heterocycles. The first-order valence-electron chi connectivity index (χ1n) is 9.71. The Balaban J connectivity index is 1.79. The van der Waals surface area contributed by atoms with Crippen LogP contribution in [0.4, 0.5) is 23.2 Å². The summed E-state index contributed by atoms with van der Waals surface area (Å²) in [5, 5.41) is 11.7. The van der Waals surface area contributed by atoms with Crippen molar-refractivity contribution in [2.24, 2.45) is 0 Å². The van der Waals surface area contributed by atoms with Crippen molar-refractivity contribution in [3.05, 3.63) is 94.3 Å². The molecule has 4 rings (SSSR count). The van der Waals surface area contributed by atoms with Crippen LogP contribution in [-0.2, 0) is 6.18 Å². The lowest BCUT2D eigenvalue weighted by molar-refractivity contribution is -0.137. The van der Waals surface area contributed by atoms with Gasteiger partial charge in [0.15, 0.2) is 0 Å². The topological polar surface area (TPSA) is 62.1 Å². The maximum absolute atomic E-state index is 13.6. The van der Waals surface area contributed by atoms with E-state index in [1.54, 1.807) is 18.2 Å². The van der Waals surface area contributed by atoms with Gasteiger partial charge in [-0.05, 0) is 54.4 Å². The Labute approximate surface area is 181 Å². The summed E-state index contributed by atoms with van der Waals surface area (Å²) in [6.07, 6.45) is -4.27. The molecule has 0 fully saturated rings. The second kappa shape index (κ2) is 8.35. The van der Waals surface area contributed by atoms with E-state index in [0.29, 0.717) is 23.2 Å². The Morgan fingerprint density at radius 3 is 2.62 bits per heavy atom. The van der Waals surface area contributed by atoms with Crippen LogP contribution in [0.3, 0.4) is 0 Å². The van der Waals surface area contributed by atoms with E-state index in [0.717, 1.165) is 18.2 Å². The highest BCUT2D eigenvalue weighted by Crippen LogP contribution is 2.42. The summed E-state index contributed by atoms with van der Waals surface area (Å²) in [6.45, 7) is 0.169. The Kier molecular flexibility index (Phi) is 5.57. The SMILES string of the molecule is N#Cc1cccc(NC(=O)c2ccc(C(F)(F)F)cc2C2CCOc3cc(F)ccc32)c1. The van der Waals surface area contributed by atoms with Gasteiger partial charge in [0.05, 0.1) is 23.8 Å². The lowest BCUT2D eigenvalue weighted by Crippen LogP contribution is -2.21. The number of amides is 1. The Hall–Kier alpha value is -3.86. The maximum atomic E-state index is 13.6. The average Bonchev–Trinajstić information content (AvgIpc) is 2.77. The summed E-state index contributed by atoms with van der Waals surface area (Å²) in [6, 6.07) is 15.0. The van der Waals surface area contributed by atoms with Gasteiger partial charge in [-0.3, -0.25) is 4.79 Å². The van der Waals surface area contributed by atoms with Crippen LogP contribution < -0.4 is 10.1 Å². The number of ether oxygens (including phenoxy) is 1. The minimum absolute atomic E-state index is 0.0579. The molecule has 0 radical (unpaired) electrons. The van der Waals surface area contributed by atoms with Crippen LogP contribution in [0.1, 0.15) is 45.0 Å². The normalized spacial score (nSPS) is 15.3. The number of hydrogen-bond acceptors (Lipinski definition) is 3. The molecule has 32 heavy (non-hydrogen) atoms. The molecule has 1 heterocycles. The second-order valence-electron chi connectivity index (χ2n) is 7.32. The standard InChI is InChI=1S/C24H16F4N2O2/c25-16-5-7-19-18(8-9-32-22(19)12-16)21-11-15(24(26,27)28)4-6-20(21)23(31)30-17-3-1-2-14(10-17)13-29/h1-7,10-12,18H,8-9H2,(H,30,31). The fourth-order valence-electron chi connectivity index (χ4n) is 3.79. The largest absolute Gasteiger partial charge is 0.493 e. The van der Waals surface area contributed by atoms with Gasteiger partial charge >= 0.3 is 6.18 Å². The number of nitrogens with one attached hydrogen (secondary N) is 1. The van der Waals surface area contributed by atoms with E-state index in [1.807, 2.05) is 6.07 Å². The van der Waals surface area contributed by atoms with Crippen molar-refractivity contribution in [1.82, 2.24) is 0 Å². The first kappa shape index (κ1) is 21.4. The molecule has 3 aromatic carbocycles. The predicted molar refractivity (Wildman–Crippen MR) is 109 cm³/mol. The van der Waals surface area contributed by atoms with Crippen molar-refractivity contribution in [3.8, 4) is 11.8 Å². The molecule has 3 aromatic rings. The molecule has 1 unspecified atom stereocenters. The van der Waals surface area contributed by atoms with Gasteiger partial charge in [-0.1, -0.05) is 12.1 Å². The number of nitriles is 1. The number of halogens is 4. The zero-order chi connectivity index (χ0) is 22.9. The van der Waals surface area contributed by atoms with Crippen molar-refractivity contribution in [1.29, 1.82) is 5.26 Å². The number of nitrogens with zero attached hydrogens (tertiary/aromatic N) is 1. The molecule has 8 heteroatoms. The Bertz CT molecular complexity index is 1230. The molecule has 4 nitrogen and oxygen atoms in total. The molecule has 1 amide bonds. The van der Waals surface area contributed by atoms with E-state index in [1.165, 1.54) is 24.3 Å². The van der Waals surface area contributed by atoms with Crippen molar-refractivity contribution < 1.29 is 27.1 Å². The number of hydrogen-bond donors (Lipinski definition) is 1. The lowest BCUT2D eigenvalue weighted by Gasteiger charge is -2.28. The highest BCUT2D eigenvalue weighted by Gasteiger charge is 2.34. The van der Waals surface area contributed by atoms with Crippen LogP contribution in [0, 0.1) is 17.1 Å². The van der Waals surface area contributed by atoms with E-state index < -0.39 is 29.4 Å². The van der Waals surface area contributed by atoms with Crippen molar-refractivity contribution in [2.75, 3.05) is 11.9 Å². The zero-order valence-corrected chi connectivity index (χ0v) is 16.5. The van der Waals surface area contributed by atoms with Crippen LogP contribution in [0.2, 0.25) is 0 Å². The lowest BCUT2D eigenvalue weighted by atomic mass is 9.83. The van der Waals surface area contributed by atoms with Gasteiger partial charge in [-0.2, -0.15) is 18.4 Å². The smallest absolute Gasteiger partial charge is 0.416 e. The van der Waals surface area contributed by atoms with E-state index in [4.69, 9.17) is 10.00 Å².